The van der Waals surface area contributed by atoms with Crippen molar-refractivity contribution in [3.63, 3.8) is 0 Å². The van der Waals surface area contributed by atoms with E-state index in [0.29, 0.717) is 14.7 Å². The quantitative estimate of drug-likeness (QED) is 0.348. The van der Waals surface area contributed by atoms with Crippen molar-refractivity contribution in [2.45, 2.75) is 12.2 Å². The lowest BCUT2D eigenvalue weighted by Gasteiger charge is -2.19. The molecule has 0 aromatic heterocycles. The van der Waals surface area contributed by atoms with E-state index in [4.69, 9.17) is 5.84 Å². The Morgan fingerprint density at radius 2 is 1.81 bits per heavy atom. The third-order valence-corrected chi connectivity index (χ3v) is 3.92. The average Bonchev–Trinajstić information content (AvgIpc) is 2.41. The highest BCUT2D eigenvalue weighted by atomic mass is 127. The van der Waals surface area contributed by atoms with E-state index in [0.717, 1.165) is 12.1 Å². The monoisotopic (exact) mass is 410 g/mol. The van der Waals surface area contributed by atoms with Gasteiger partial charge in [-0.2, -0.15) is 13.2 Å². The van der Waals surface area contributed by atoms with Gasteiger partial charge in [0, 0.05) is 3.57 Å². The summed E-state index contributed by atoms with van der Waals surface area (Å²) in [5.41, 5.74) is 2.69. The molecule has 0 amide bonds. The molecule has 0 heterocycles. The van der Waals surface area contributed by atoms with Crippen LogP contribution in [0.25, 0.3) is 0 Å². The fraction of sp³-hybridized carbons (Fsp3) is 0.143. The molecule has 2 nitrogen and oxygen atoms in total. The summed E-state index contributed by atoms with van der Waals surface area (Å²) in [6, 6.07) is 8.28. The topological polar surface area (TPSA) is 38.0 Å². The second kappa shape index (κ2) is 6.29. The lowest BCUT2D eigenvalue weighted by atomic mass is 9.97. The number of nitrogens with one attached hydrogen (secondary N) is 1. The Kier molecular flexibility index (Phi) is 4.84. The van der Waals surface area contributed by atoms with E-state index in [1.165, 1.54) is 24.3 Å². The Hall–Kier alpha value is -1.19. The van der Waals surface area contributed by atoms with E-state index >= 15 is 0 Å². The number of halogens is 5. The van der Waals surface area contributed by atoms with E-state index in [2.05, 4.69) is 5.43 Å². The molecule has 3 N–H and O–H groups in total. The van der Waals surface area contributed by atoms with Crippen LogP contribution in [0.15, 0.2) is 42.5 Å². The summed E-state index contributed by atoms with van der Waals surface area (Å²) in [4.78, 5) is 0. The number of alkyl halides is 3. The molecule has 0 saturated carbocycles. The van der Waals surface area contributed by atoms with E-state index < -0.39 is 23.6 Å². The van der Waals surface area contributed by atoms with Gasteiger partial charge >= 0.3 is 6.18 Å². The lowest BCUT2D eigenvalue weighted by Crippen LogP contribution is -2.29. The highest BCUT2D eigenvalue weighted by molar-refractivity contribution is 14.1. The zero-order chi connectivity index (χ0) is 15.6. The highest BCUT2D eigenvalue weighted by Gasteiger charge is 2.31. The van der Waals surface area contributed by atoms with E-state index in [-0.39, 0.29) is 0 Å². The van der Waals surface area contributed by atoms with Crippen molar-refractivity contribution in [1.29, 1.82) is 0 Å². The van der Waals surface area contributed by atoms with Gasteiger partial charge in [-0.3, -0.25) is 5.84 Å². The van der Waals surface area contributed by atoms with Gasteiger partial charge < -0.3 is 0 Å². The summed E-state index contributed by atoms with van der Waals surface area (Å²) in [6.45, 7) is 0. The number of hydrazine groups is 1. The van der Waals surface area contributed by atoms with Crippen LogP contribution >= 0.6 is 22.6 Å². The molecule has 0 spiro atoms. The first-order chi connectivity index (χ1) is 9.82. The summed E-state index contributed by atoms with van der Waals surface area (Å²) in [6.07, 6.45) is -4.43. The fourth-order valence-electron chi connectivity index (χ4n) is 2.00. The van der Waals surface area contributed by atoms with Crippen molar-refractivity contribution >= 4 is 22.6 Å². The third-order valence-electron chi connectivity index (χ3n) is 2.99. The van der Waals surface area contributed by atoms with Gasteiger partial charge in [-0.05, 0) is 58.0 Å². The van der Waals surface area contributed by atoms with Crippen LogP contribution in [0.3, 0.4) is 0 Å². The predicted molar refractivity (Wildman–Crippen MR) is 79.7 cm³/mol. The fourth-order valence-corrected chi connectivity index (χ4v) is 2.78. The summed E-state index contributed by atoms with van der Waals surface area (Å²) in [7, 11) is 0. The van der Waals surface area contributed by atoms with Crippen LogP contribution in [0.5, 0.6) is 0 Å². The molecule has 2 rings (SSSR count). The Morgan fingerprint density at radius 1 is 1.10 bits per heavy atom. The van der Waals surface area contributed by atoms with Crippen LogP contribution in [-0.4, -0.2) is 0 Å². The zero-order valence-corrected chi connectivity index (χ0v) is 12.7. The van der Waals surface area contributed by atoms with E-state index in [1.54, 1.807) is 6.07 Å². The molecule has 1 unspecified atom stereocenters. The van der Waals surface area contributed by atoms with Crippen LogP contribution in [0.4, 0.5) is 17.6 Å². The van der Waals surface area contributed by atoms with Gasteiger partial charge in [-0.1, -0.05) is 18.2 Å². The first kappa shape index (κ1) is 16.2. The summed E-state index contributed by atoms with van der Waals surface area (Å²) >= 11 is 1.92. The second-order valence-electron chi connectivity index (χ2n) is 4.39. The van der Waals surface area contributed by atoms with Gasteiger partial charge in [0.2, 0.25) is 0 Å². The smallest absolute Gasteiger partial charge is 0.271 e. The first-order valence-corrected chi connectivity index (χ1v) is 6.99. The minimum Gasteiger partial charge on any atom is -0.271 e. The molecule has 0 fully saturated rings. The average molecular weight is 410 g/mol. The van der Waals surface area contributed by atoms with Crippen molar-refractivity contribution in [1.82, 2.24) is 5.43 Å². The molecule has 112 valence electrons. The van der Waals surface area contributed by atoms with Crippen LogP contribution in [0.1, 0.15) is 22.7 Å². The van der Waals surface area contributed by atoms with Crippen molar-refractivity contribution < 1.29 is 17.6 Å². The zero-order valence-electron chi connectivity index (χ0n) is 10.6. The number of rotatable bonds is 3. The van der Waals surface area contributed by atoms with Gasteiger partial charge in [-0.15, -0.1) is 0 Å². The SMILES string of the molecule is NNC(c1cccc(C(F)(F)F)c1)c1ccc(F)cc1I. The molecule has 0 radical (unpaired) electrons. The van der Waals surface area contributed by atoms with Crippen LogP contribution in [0, 0.1) is 9.39 Å². The molecule has 0 aliphatic carbocycles. The number of nitrogens with two attached hydrogens (primary N) is 1. The minimum absolute atomic E-state index is 0.358. The van der Waals surface area contributed by atoms with E-state index in [9.17, 15) is 17.6 Å². The molecule has 0 aliphatic rings. The second-order valence-corrected chi connectivity index (χ2v) is 5.55. The summed E-state index contributed by atoms with van der Waals surface area (Å²) < 4.78 is 52.0. The Labute approximate surface area is 132 Å². The van der Waals surface area contributed by atoms with E-state index in [1.807, 2.05) is 22.6 Å². The predicted octanol–water partition coefficient (Wildman–Crippen LogP) is 4.00. The maximum Gasteiger partial charge on any atom is 0.416 e. The standard InChI is InChI=1S/C14H11F4IN2/c15-10-4-5-11(12(19)7-10)13(21-20)8-2-1-3-9(6-8)14(16,17)18/h1-7,13,21H,20H2. The summed E-state index contributed by atoms with van der Waals surface area (Å²) in [5.74, 6) is 5.06. The van der Waals surface area contributed by atoms with Crippen molar-refractivity contribution in [2.24, 2.45) is 5.84 Å². The van der Waals surface area contributed by atoms with Gasteiger partial charge in [0.1, 0.15) is 5.82 Å². The van der Waals surface area contributed by atoms with Crippen molar-refractivity contribution in [3.8, 4) is 0 Å². The largest absolute Gasteiger partial charge is 0.416 e. The normalized spacial score (nSPS) is 13.2. The molecule has 1 atom stereocenters. The molecular formula is C14H11F4IN2. The van der Waals surface area contributed by atoms with Gasteiger partial charge in [0.05, 0.1) is 11.6 Å². The number of hydrogen-bond acceptors (Lipinski definition) is 2. The van der Waals surface area contributed by atoms with Crippen LogP contribution in [-0.2, 0) is 6.18 Å². The van der Waals surface area contributed by atoms with Crippen molar-refractivity contribution in [2.75, 3.05) is 0 Å². The van der Waals surface area contributed by atoms with Gasteiger partial charge in [0.25, 0.3) is 0 Å². The molecule has 2 aromatic carbocycles. The molecular weight excluding hydrogens is 399 g/mol. The Balaban J connectivity index is 2.47. The Morgan fingerprint density at radius 3 is 2.38 bits per heavy atom. The van der Waals surface area contributed by atoms with Gasteiger partial charge in [-0.25, -0.2) is 9.82 Å². The molecule has 0 aliphatic heterocycles. The number of benzene rings is 2. The van der Waals surface area contributed by atoms with Crippen LogP contribution < -0.4 is 11.3 Å². The maximum absolute atomic E-state index is 13.1. The molecule has 0 saturated heterocycles. The first-order valence-electron chi connectivity index (χ1n) is 5.91. The molecule has 0 bridgehead atoms. The van der Waals surface area contributed by atoms with Crippen LogP contribution in [0.2, 0.25) is 0 Å². The maximum atomic E-state index is 13.1. The Bertz CT molecular complexity index is 643. The minimum atomic E-state index is -4.43. The highest BCUT2D eigenvalue weighted by Crippen LogP contribution is 2.33. The summed E-state index contributed by atoms with van der Waals surface area (Å²) in [5, 5.41) is 0. The third kappa shape index (κ3) is 3.72. The molecule has 21 heavy (non-hydrogen) atoms. The van der Waals surface area contributed by atoms with Gasteiger partial charge in [0.15, 0.2) is 0 Å². The lowest BCUT2D eigenvalue weighted by molar-refractivity contribution is -0.137. The van der Waals surface area contributed by atoms with Crippen molar-refractivity contribution in [3.05, 3.63) is 68.5 Å². The number of hydrogen-bond donors (Lipinski definition) is 2. The molecule has 2 aromatic rings. The molecule has 7 heteroatoms.